The fourth-order valence-corrected chi connectivity index (χ4v) is 0.768. The van der Waals surface area contributed by atoms with Crippen molar-refractivity contribution in [1.82, 2.24) is 4.98 Å². The van der Waals surface area contributed by atoms with Crippen LogP contribution < -0.4 is 0 Å². The van der Waals surface area contributed by atoms with E-state index in [0.29, 0.717) is 0 Å². The van der Waals surface area contributed by atoms with Crippen LogP contribution in [0.1, 0.15) is 6.85 Å². The smallest absolute Gasteiger partial charge is 0.124 e. The predicted molar refractivity (Wildman–Crippen MR) is 40.0 cm³/mol. The van der Waals surface area contributed by atoms with Gasteiger partial charge in [-0.2, -0.15) is 0 Å². The summed E-state index contributed by atoms with van der Waals surface area (Å²) in [4.78, 5) is 2.43. The van der Waals surface area contributed by atoms with E-state index in [2.05, 4.69) is 4.98 Å². The Morgan fingerprint density at radius 1 is 1.40 bits per heavy atom. The number of phenolic OH excluding ortho intramolecular Hbond substituents is 1. The minimum absolute atomic E-state index is 0.0361. The van der Waals surface area contributed by atoms with Gasteiger partial charge in [0.15, 0.2) is 0 Å². The van der Waals surface area contributed by atoms with Gasteiger partial charge in [0.25, 0.3) is 0 Å². The monoisotopic (exact) mass is 138 g/mol. The second kappa shape index (κ2) is 1.77. The van der Waals surface area contributed by atoms with Crippen LogP contribution in [0.25, 0.3) is 10.9 Å². The number of aromatic amines is 1. The Bertz CT molecular complexity index is 562. The first kappa shape index (κ1) is 2.31. The van der Waals surface area contributed by atoms with Crippen LogP contribution in [0.3, 0.4) is 0 Å². The first-order chi connectivity index (χ1) is 6.95. The number of hydrogen-bond acceptors (Lipinski definition) is 1. The third-order valence-corrected chi connectivity index (χ3v) is 1.23. The molecule has 0 aliphatic heterocycles. The second-order valence-corrected chi connectivity index (χ2v) is 1.85. The van der Waals surface area contributed by atoms with E-state index in [1.165, 1.54) is 0 Å². The molecule has 0 bridgehead atoms. The average Bonchev–Trinajstić information content (AvgIpc) is 2.50. The number of nitrogens with one attached hydrogen (secondary N) is 1. The van der Waals surface area contributed by atoms with Crippen molar-refractivity contribution in [3.8, 4) is 5.75 Å². The summed E-state index contributed by atoms with van der Waals surface area (Å²) in [6.45, 7) is 0. The largest absolute Gasteiger partial charge is 0.507 e. The van der Waals surface area contributed by atoms with E-state index in [1.54, 1.807) is 0 Å². The molecule has 2 N–H and O–H groups in total. The normalized spacial score (nSPS) is 17.4. The van der Waals surface area contributed by atoms with Crippen LogP contribution in [0.2, 0.25) is 0 Å². The Morgan fingerprint density at radius 3 is 3.20 bits per heavy atom. The van der Waals surface area contributed by atoms with Gasteiger partial charge in [0.1, 0.15) is 5.75 Å². The molecule has 2 aromatic rings. The van der Waals surface area contributed by atoms with Crippen molar-refractivity contribution in [3.05, 3.63) is 30.3 Å². The van der Waals surface area contributed by atoms with Gasteiger partial charge in [-0.25, -0.2) is 0 Å². The lowest BCUT2D eigenvalue weighted by Gasteiger charge is -1.91. The molecule has 0 spiro atoms. The molecule has 0 aliphatic carbocycles. The van der Waals surface area contributed by atoms with Crippen molar-refractivity contribution in [3.63, 3.8) is 0 Å². The van der Waals surface area contributed by atoms with Crippen molar-refractivity contribution in [2.75, 3.05) is 0 Å². The molecule has 0 radical (unpaired) electrons. The van der Waals surface area contributed by atoms with E-state index in [-0.39, 0.29) is 29.2 Å². The van der Waals surface area contributed by atoms with E-state index in [4.69, 9.17) is 6.85 Å². The highest BCUT2D eigenvalue weighted by molar-refractivity contribution is 5.85. The van der Waals surface area contributed by atoms with Gasteiger partial charge in [-0.05, 0) is 18.1 Å². The number of rotatable bonds is 0. The van der Waals surface area contributed by atoms with Crippen LogP contribution >= 0.6 is 0 Å². The quantitative estimate of drug-likeness (QED) is 0.572. The number of fused-ring (bicyclic) bond motifs is 1. The minimum Gasteiger partial charge on any atom is -0.507 e. The molecule has 0 fully saturated rings. The van der Waals surface area contributed by atoms with Gasteiger partial charge in [-0.1, -0.05) is 6.04 Å². The van der Waals surface area contributed by atoms with Gasteiger partial charge in [-0.3, -0.25) is 0 Å². The number of H-pyrrole nitrogens is 1. The number of aromatic nitrogens is 1. The van der Waals surface area contributed by atoms with E-state index >= 15 is 0 Å². The number of phenols is 1. The highest BCUT2D eigenvalue weighted by Gasteiger charge is 1.96. The average molecular weight is 138 g/mol. The number of hydrogen-bond donors (Lipinski definition) is 2. The molecule has 2 heteroatoms. The minimum atomic E-state index is -0.522. The van der Waals surface area contributed by atoms with Gasteiger partial charge in [0.05, 0.1) is 6.85 Å². The Morgan fingerprint density at radius 2 is 2.30 bits per heavy atom. The third-order valence-electron chi connectivity index (χ3n) is 1.23. The zero-order valence-electron chi connectivity index (χ0n) is 9.95. The summed E-state index contributed by atoms with van der Waals surface area (Å²) in [5, 5.41) is 9.51. The van der Waals surface area contributed by atoms with E-state index in [1.807, 2.05) is 0 Å². The maximum absolute atomic E-state index is 9.54. The molecule has 0 saturated heterocycles. The van der Waals surface area contributed by atoms with Crippen LogP contribution in [0.4, 0.5) is 0 Å². The lowest BCUT2D eigenvalue weighted by Crippen LogP contribution is -1.66. The molecule has 0 unspecified atom stereocenters. The van der Waals surface area contributed by atoms with E-state index in [9.17, 15) is 5.11 Å². The maximum Gasteiger partial charge on any atom is 0.124 e. The van der Waals surface area contributed by atoms with Crippen LogP contribution in [0.5, 0.6) is 5.75 Å². The molecule has 0 atom stereocenters. The summed E-state index contributed by atoms with van der Waals surface area (Å²) in [5.41, 5.74) is 0.0588. The van der Waals surface area contributed by atoms with Crippen LogP contribution in [-0.2, 0) is 0 Å². The Hall–Kier alpha value is -1.44. The highest BCUT2D eigenvalue weighted by Crippen LogP contribution is 2.22. The van der Waals surface area contributed by atoms with Crippen LogP contribution in [0.15, 0.2) is 30.3 Å². The first-order valence-corrected chi connectivity index (χ1v) is 2.72. The molecule has 0 saturated carbocycles. The molecule has 0 amide bonds. The Labute approximate surface area is 65.1 Å². The summed E-state index contributed by atoms with van der Waals surface area (Å²) in [6.07, 6.45) is -0.237. The summed E-state index contributed by atoms with van der Waals surface area (Å²) < 4.78 is 37.0. The van der Waals surface area contributed by atoms with E-state index in [0.717, 1.165) is 0 Å². The van der Waals surface area contributed by atoms with Gasteiger partial charge in [0.2, 0.25) is 0 Å². The summed E-state index contributed by atoms with van der Waals surface area (Å²) in [6, 6.07) is -1.44. The Balaban J connectivity index is 3.07. The standard InChI is InChI=1S/C8H7NO/c10-8-3-1-2-7-6(8)4-5-9-7/h1-5,9-10H/i1D,2D,3D,4D,5D. The van der Waals surface area contributed by atoms with Gasteiger partial charge in [0, 0.05) is 17.1 Å². The molecule has 1 aromatic carbocycles. The molecular formula is C8H7NO. The van der Waals surface area contributed by atoms with Crippen LogP contribution in [-0.4, -0.2) is 10.1 Å². The molecule has 0 aliphatic rings. The van der Waals surface area contributed by atoms with Crippen molar-refractivity contribution >= 4 is 10.9 Å². The fourth-order valence-electron chi connectivity index (χ4n) is 0.768. The van der Waals surface area contributed by atoms with Gasteiger partial charge >= 0.3 is 0 Å². The van der Waals surface area contributed by atoms with Crippen LogP contribution in [0, 0.1) is 0 Å². The summed E-state index contributed by atoms with van der Waals surface area (Å²) in [5.74, 6) is -0.522. The molecule has 1 aromatic heterocycles. The van der Waals surface area contributed by atoms with Crippen molar-refractivity contribution in [2.24, 2.45) is 0 Å². The summed E-state index contributed by atoms with van der Waals surface area (Å²) >= 11 is 0. The lowest BCUT2D eigenvalue weighted by molar-refractivity contribution is 0.482. The second-order valence-electron chi connectivity index (χ2n) is 1.85. The fraction of sp³-hybridized carbons (Fsp3) is 0. The third kappa shape index (κ3) is 0.589. The highest BCUT2D eigenvalue weighted by atomic mass is 16.3. The molecule has 50 valence electrons. The van der Waals surface area contributed by atoms with Crippen molar-refractivity contribution in [2.45, 2.75) is 0 Å². The topological polar surface area (TPSA) is 36.0 Å². The summed E-state index contributed by atoms with van der Waals surface area (Å²) in [7, 11) is 0. The zero-order chi connectivity index (χ0) is 11.3. The van der Waals surface area contributed by atoms with Gasteiger partial charge in [-0.15, -0.1) is 0 Å². The first-order valence-electron chi connectivity index (χ1n) is 5.22. The van der Waals surface area contributed by atoms with Crippen molar-refractivity contribution in [1.29, 1.82) is 0 Å². The predicted octanol–water partition coefficient (Wildman–Crippen LogP) is 1.87. The molecule has 2 rings (SSSR count). The SMILES string of the molecule is [2H]c1[nH]c2c([2H])c([2H])c([2H])c(O)c2c1[2H]. The Kier molecular flexibility index (Phi) is 0.408. The molecular weight excluding hydrogens is 126 g/mol. The van der Waals surface area contributed by atoms with E-state index < -0.39 is 17.8 Å². The number of aromatic hydroxyl groups is 1. The zero-order valence-corrected chi connectivity index (χ0v) is 4.95. The molecule has 1 heterocycles. The van der Waals surface area contributed by atoms with Crippen molar-refractivity contribution < 1.29 is 12.0 Å². The maximum atomic E-state index is 9.54. The molecule has 10 heavy (non-hydrogen) atoms. The lowest BCUT2D eigenvalue weighted by atomic mass is 10.2. The van der Waals surface area contributed by atoms with Gasteiger partial charge < -0.3 is 10.1 Å². The number of benzene rings is 1. The molecule has 2 nitrogen and oxygen atoms in total.